The summed E-state index contributed by atoms with van der Waals surface area (Å²) in [5, 5.41) is -3.29. The molecule has 0 bridgehead atoms. The standard InChI is InChI=1S/C6H4ClF3O/c1-3(11)4-2-5(8,9)6(4,7)10/h2H,1H3. The van der Waals surface area contributed by atoms with E-state index in [0.29, 0.717) is 0 Å². The van der Waals surface area contributed by atoms with Crippen LogP contribution in [-0.2, 0) is 4.79 Å². The van der Waals surface area contributed by atoms with Crippen molar-refractivity contribution in [2.45, 2.75) is 18.0 Å². The molecule has 62 valence electrons. The predicted molar refractivity (Wildman–Crippen MR) is 33.4 cm³/mol. The largest absolute Gasteiger partial charge is 0.318 e. The molecule has 1 rings (SSSR count). The van der Waals surface area contributed by atoms with Crippen molar-refractivity contribution in [1.82, 2.24) is 0 Å². The maximum Gasteiger partial charge on any atom is 0.318 e. The molecule has 11 heavy (non-hydrogen) atoms. The van der Waals surface area contributed by atoms with E-state index in [9.17, 15) is 18.0 Å². The van der Waals surface area contributed by atoms with E-state index >= 15 is 0 Å². The third-order valence-corrected chi connectivity index (χ3v) is 1.92. The van der Waals surface area contributed by atoms with E-state index in [1.807, 2.05) is 0 Å². The Labute approximate surface area is 65.8 Å². The van der Waals surface area contributed by atoms with E-state index < -0.39 is 22.4 Å². The molecule has 0 aliphatic heterocycles. The number of Topliss-reactive ketones (excluding diaryl/α,β-unsaturated/α-hetero) is 1. The minimum absolute atomic E-state index is 0.238. The fourth-order valence-corrected chi connectivity index (χ4v) is 1.03. The third-order valence-electron chi connectivity index (χ3n) is 1.46. The molecule has 1 atom stereocenters. The molecule has 0 aromatic carbocycles. The van der Waals surface area contributed by atoms with Gasteiger partial charge in [-0.05, 0) is 6.92 Å². The molecule has 0 saturated carbocycles. The average molecular weight is 185 g/mol. The van der Waals surface area contributed by atoms with Gasteiger partial charge in [-0.3, -0.25) is 4.79 Å². The van der Waals surface area contributed by atoms with Gasteiger partial charge in [0.05, 0.1) is 5.57 Å². The second-order valence-electron chi connectivity index (χ2n) is 2.31. The van der Waals surface area contributed by atoms with Crippen molar-refractivity contribution in [1.29, 1.82) is 0 Å². The van der Waals surface area contributed by atoms with Gasteiger partial charge < -0.3 is 0 Å². The van der Waals surface area contributed by atoms with E-state index in [1.54, 1.807) is 0 Å². The van der Waals surface area contributed by atoms with Crippen molar-refractivity contribution < 1.29 is 18.0 Å². The number of hydrogen-bond donors (Lipinski definition) is 0. The van der Waals surface area contributed by atoms with Crippen LogP contribution in [0.2, 0.25) is 0 Å². The van der Waals surface area contributed by atoms with Crippen LogP contribution in [0.5, 0.6) is 0 Å². The first-order valence-electron chi connectivity index (χ1n) is 2.79. The fourth-order valence-electron chi connectivity index (χ4n) is 0.787. The van der Waals surface area contributed by atoms with Crippen LogP contribution in [-0.4, -0.2) is 16.8 Å². The highest BCUT2D eigenvalue weighted by Crippen LogP contribution is 2.51. The molecule has 5 heteroatoms. The smallest absolute Gasteiger partial charge is 0.295 e. The highest BCUT2D eigenvalue weighted by atomic mass is 35.5. The first-order chi connectivity index (χ1) is 4.79. The maximum atomic E-state index is 12.6. The number of ketones is 1. The summed E-state index contributed by atoms with van der Waals surface area (Å²) in [5.74, 6) is -4.48. The minimum atomic E-state index is -3.71. The second kappa shape index (κ2) is 2.00. The number of allylic oxidation sites excluding steroid dienone is 2. The molecule has 1 aliphatic rings. The summed E-state index contributed by atoms with van der Waals surface area (Å²) >= 11 is 4.75. The molecule has 0 heterocycles. The molecular formula is C6H4ClF3O. The highest BCUT2D eigenvalue weighted by molar-refractivity contribution is 6.30. The quantitative estimate of drug-likeness (QED) is 0.570. The molecule has 0 spiro atoms. The van der Waals surface area contributed by atoms with Gasteiger partial charge in [0, 0.05) is 6.08 Å². The molecule has 1 aliphatic carbocycles. The van der Waals surface area contributed by atoms with Gasteiger partial charge in [-0.2, -0.15) is 8.78 Å². The van der Waals surface area contributed by atoms with Crippen molar-refractivity contribution in [3.8, 4) is 0 Å². The van der Waals surface area contributed by atoms with Crippen LogP contribution >= 0.6 is 11.6 Å². The van der Waals surface area contributed by atoms with E-state index in [-0.39, 0.29) is 6.08 Å². The normalized spacial score (nSPS) is 34.1. The van der Waals surface area contributed by atoms with Crippen molar-refractivity contribution >= 4 is 17.4 Å². The zero-order valence-corrected chi connectivity index (χ0v) is 6.25. The SMILES string of the molecule is CC(=O)C1=CC(F)(F)C1(F)Cl. The highest BCUT2D eigenvalue weighted by Gasteiger charge is 2.64. The summed E-state index contributed by atoms with van der Waals surface area (Å²) in [7, 11) is 0. The van der Waals surface area contributed by atoms with Gasteiger partial charge in [-0.1, -0.05) is 11.6 Å². The fraction of sp³-hybridized carbons (Fsp3) is 0.500. The summed E-state index contributed by atoms with van der Waals surface area (Å²) in [6.45, 7) is 0.984. The Kier molecular flexibility index (Phi) is 1.56. The Bertz CT molecular complexity index is 244. The Balaban J connectivity index is 3.01. The van der Waals surface area contributed by atoms with Crippen molar-refractivity contribution in [3.63, 3.8) is 0 Å². The maximum absolute atomic E-state index is 12.6. The topological polar surface area (TPSA) is 17.1 Å². The number of halogens is 4. The summed E-state index contributed by atoms with van der Waals surface area (Å²) in [6, 6.07) is 0. The summed E-state index contributed by atoms with van der Waals surface area (Å²) in [4.78, 5) is 10.4. The Morgan fingerprint density at radius 1 is 1.55 bits per heavy atom. The molecule has 0 aromatic rings. The number of alkyl halides is 4. The molecule has 1 nitrogen and oxygen atoms in total. The van der Waals surface area contributed by atoms with E-state index in [2.05, 4.69) is 0 Å². The zero-order valence-electron chi connectivity index (χ0n) is 5.50. The van der Waals surface area contributed by atoms with Crippen LogP contribution in [0, 0.1) is 0 Å². The van der Waals surface area contributed by atoms with Gasteiger partial charge in [0.15, 0.2) is 5.78 Å². The van der Waals surface area contributed by atoms with Crippen LogP contribution in [0.25, 0.3) is 0 Å². The van der Waals surface area contributed by atoms with Gasteiger partial charge in [0.1, 0.15) is 0 Å². The third kappa shape index (κ3) is 0.965. The first kappa shape index (κ1) is 8.59. The van der Waals surface area contributed by atoms with Crippen LogP contribution < -0.4 is 0 Å². The molecule has 0 N–H and O–H groups in total. The Morgan fingerprint density at radius 3 is 2.09 bits per heavy atom. The van der Waals surface area contributed by atoms with Gasteiger partial charge in [0.25, 0.3) is 5.13 Å². The summed E-state index contributed by atoms with van der Waals surface area (Å²) in [6.07, 6.45) is 0.238. The second-order valence-corrected chi connectivity index (χ2v) is 2.83. The van der Waals surface area contributed by atoms with Crippen LogP contribution in [0.4, 0.5) is 13.2 Å². The van der Waals surface area contributed by atoms with Crippen molar-refractivity contribution in [2.75, 3.05) is 0 Å². The zero-order chi connectivity index (χ0) is 8.86. The lowest BCUT2D eigenvalue weighted by molar-refractivity contribution is -0.120. The number of carbonyl (C=O) groups excluding carboxylic acids is 1. The minimum Gasteiger partial charge on any atom is -0.295 e. The van der Waals surface area contributed by atoms with Crippen molar-refractivity contribution in [3.05, 3.63) is 11.6 Å². The van der Waals surface area contributed by atoms with Crippen LogP contribution in [0.3, 0.4) is 0 Å². The monoisotopic (exact) mass is 184 g/mol. The average Bonchev–Trinajstić information content (AvgIpc) is 1.82. The van der Waals surface area contributed by atoms with E-state index in [4.69, 9.17) is 11.6 Å². The van der Waals surface area contributed by atoms with Gasteiger partial charge in [-0.25, -0.2) is 4.39 Å². The number of carbonyl (C=O) groups is 1. The molecule has 0 aromatic heterocycles. The lowest BCUT2D eigenvalue weighted by Crippen LogP contribution is -2.50. The van der Waals surface area contributed by atoms with Gasteiger partial charge in [-0.15, -0.1) is 0 Å². The van der Waals surface area contributed by atoms with Crippen molar-refractivity contribution in [2.24, 2.45) is 0 Å². The Morgan fingerprint density at radius 2 is 2.00 bits per heavy atom. The molecule has 0 fully saturated rings. The lowest BCUT2D eigenvalue weighted by Gasteiger charge is -2.35. The molecule has 0 saturated heterocycles. The molecule has 1 unspecified atom stereocenters. The predicted octanol–water partition coefficient (Wildman–Crippen LogP) is 2.06. The number of hydrogen-bond acceptors (Lipinski definition) is 1. The lowest BCUT2D eigenvalue weighted by atomic mass is 9.88. The molecule has 0 amide bonds. The van der Waals surface area contributed by atoms with Crippen LogP contribution in [0.15, 0.2) is 11.6 Å². The number of rotatable bonds is 1. The van der Waals surface area contributed by atoms with E-state index in [0.717, 1.165) is 6.92 Å². The first-order valence-corrected chi connectivity index (χ1v) is 3.17. The molecular weight excluding hydrogens is 181 g/mol. The van der Waals surface area contributed by atoms with Crippen LogP contribution in [0.1, 0.15) is 6.92 Å². The van der Waals surface area contributed by atoms with Gasteiger partial charge in [0.2, 0.25) is 0 Å². The summed E-state index contributed by atoms with van der Waals surface area (Å²) < 4.78 is 37.0. The van der Waals surface area contributed by atoms with E-state index in [1.165, 1.54) is 0 Å². The van der Waals surface area contributed by atoms with Gasteiger partial charge >= 0.3 is 5.92 Å². The molecule has 0 radical (unpaired) electrons. The summed E-state index contributed by atoms with van der Waals surface area (Å²) in [5.41, 5.74) is -0.663. The Hall–Kier alpha value is -0.510.